The van der Waals surface area contributed by atoms with Gasteiger partial charge in [-0.05, 0) is 77.1 Å². The van der Waals surface area contributed by atoms with Crippen molar-refractivity contribution in [2.24, 2.45) is 10.7 Å². The zero-order valence-corrected chi connectivity index (χ0v) is 35.3. The fourth-order valence-electron chi connectivity index (χ4n) is 9.94. The molecule has 0 aliphatic heterocycles. The smallest absolute Gasteiger partial charge is 0.131 e. The van der Waals surface area contributed by atoms with Crippen LogP contribution in [0.25, 0.3) is 87.8 Å². The Morgan fingerprint density at radius 1 is 0.516 bits per heavy atom. The van der Waals surface area contributed by atoms with Crippen molar-refractivity contribution in [2.75, 3.05) is 0 Å². The van der Waals surface area contributed by atoms with Gasteiger partial charge >= 0.3 is 0 Å². The number of aliphatic imine (C=N–C) groups is 1. The zero-order chi connectivity index (χ0) is 42.6. The molecule has 11 aromatic rings. The first-order valence-corrected chi connectivity index (χ1v) is 22.2. The molecule has 64 heavy (non-hydrogen) atoms. The van der Waals surface area contributed by atoms with E-state index in [1.807, 2.05) is 30.3 Å². The Bertz CT molecular complexity index is 3570. The van der Waals surface area contributed by atoms with Crippen LogP contribution in [-0.2, 0) is 6.42 Å². The SMILES string of the molecule is NC(=N/C(=C\Cc1ccc(C2=CC=CCC2)cc1)c1cc(-n2c3ccccc3c3ccc4ccccc4c32)cc(-n2c3ccccc3c3ccc4ccccc4c32)c1)c1ccccc1. The molecule has 0 saturated carbocycles. The summed E-state index contributed by atoms with van der Waals surface area (Å²) in [6.07, 6.45) is 11.7. The van der Waals surface area contributed by atoms with Gasteiger partial charge in [0.2, 0.25) is 0 Å². The maximum Gasteiger partial charge on any atom is 0.131 e. The number of nitrogens with two attached hydrogens (primary N) is 1. The van der Waals surface area contributed by atoms with Crippen LogP contribution in [0.3, 0.4) is 0 Å². The molecule has 2 aromatic heterocycles. The molecule has 2 N–H and O–H groups in total. The van der Waals surface area contributed by atoms with Gasteiger partial charge in [-0.15, -0.1) is 0 Å². The van der Waals surface area contributed by atoms with Crippen LogP contribution in [0.4, 0.5) is 0 Å². The Kier molecular flexibility index (Phi) is 9.15. The van der Waals surface area contributed by atoms with E-state index in [0.717, 1.165) is 52.1 Å². The third-order valence-electron chi connectivity index (χ3n) is 13.0. The summed E-state index contributed by atoms with van der Waals surface area (Å²) in [7, 11) is 0. The van der Waals surface area contributed by atoms with E-state index in [1.165, 1.54) is 70.8 Å². The van der Waals surface area contributed by atoms with Gasteiger partial charge < -0.3 is 14.9 Å². The first-order chi connectivity index (χ1) is 31.7. The fraction of sp³-hybridized carbons (Fsp3) is 0.0500. The van der Waals surface area contributed by atoms with Gasteiger partial charge in [0.1, 0.15) is 5.84 Å². The summed E-state index contributed by atoms with van der Waals surface area (Å²) in [6, 6.07) is 70.1. The normalized spacial score (nSPS) is 13.5. The van der Waals surface area contributed by atoms with E-state index in [2.05, 4.69) is 197 Å². The first kappa shape index (κ1) is 37.5. The van der Waals surface area contributed by atoms with Crippen molar-refractivity contribution >= 4 is 82.3 Å². The van der Waals surface area contributed by atoms with Crippen molar-refractivity contribution in [3.05, 3.63) is 241 Å². The van der Waals surface area contributed by atoms with Gasteiger partial charge in [0.15, 0.2) is 0 Å². The number of hydrogen-bond acceptors (Lipinski definition) is 1. The summed E-state index contributed by atoms with van der Waals surface area (Å²) in [4.78, 5) is 5.34. The lowest BCUT2D eigenvalue weighted by molar-refractivity contribution is 1.05. The Balaban J connectivity index is 1.15. The summed E-state index contributed by atoms with van der Waals surface area (Å²) in [6.45, 7) is 0. The van der Waals surface area contributed by atoms with E-state index in [0.29, 0.717) is 12.3 Å². The molecule has 0 radical (unpaired) electrons. The quantitative estimate of drug-likeness (QED) is 0.120. The Morgan fingerprint density at radius 2 is 1.06 bits per heavy atom. The highest BCUT2D eigenvalue weighted by Crippen LogP contribution is 2.41. The number of rotatable bonds is 8. The average molecular weight is 821 g/mol. The minimum absolute atomic E-state index is 0.470. The molecule has 4 nitrogen and oxygen atoms in total. The van der Waals surface area contributed by atoms with E-state index >= 15 is 0 Å². The van der Waals surface area contributed by atoms with Crippen LogP contribution in [0, 0.1) is 0 Å². The van der Waals surface area contributed by atoms with E-state index in [-0.39, 0.29) is 0 Å². The number of aromatic nitrogens is 2. The summed E-state index contributed by atoms with van der Waals surface area (Å²) >= 11 is 0. The minimum Gasteiger partial charge on any atom is -0.383 e. The second-order valence-electron chi connectivity index (χ2n) is 16.8. The Morgan fingerprint density at radius 3 is 1.64 bits per heavy atom. The van der Waals surface area contributed by atoms with E-state index in [4.69, 9.17) is 10.7 Å². The Labute approximate surface area is 371 Å². The molecule has 0 unspecified atom stereocenters. The molecule has 0 saturated heterocycles. The maximum atomic E-state index is 6.98. The summed E-state index contributed by atoms with van der Waals surface area (Å²) in [5.41, 5.74) is 20.2. The lowest BCUT2D eigenvalue weighted by atomic mass is 9.96. The third-order valence-corrected chi connectivity index (χ3v) is 13.0. The van der Waals surface area contributed by atoms with Gasteiger partial charge in [0.25, 0.3) is 0 Å². The average Bonchev–Trinajstić information content (AvgIpc) is 3.90. The molecule has 2 heterocycles. The van der Waals surface area contributed by atoms with E-state index in [1.54, 1.807) is 0 Å². The molecular formula is C60H44N4. The van der Waals surface area contributed by atoms with Crippen LogP contribution in [-0.4, -0.2) is 15.0 Å². The number of allylic oxidation sites excluding steroid dienone is 5. The molecular weight excluding hydrogens is 777 g/mol. The molecule has 0 spiro atoms. The van der Waals surface area contributed by atoms with Crippen LogP contribution < -0.4 is 5.73 Å². The fourth-order valence-corrected chi connectivity index (χ4v) is 9.94. The maximum absolute atomic E-state index is 6.98. The minimum atomic E-state index is 0.470. The van der Waals surface area contributed by atoms with Crippen LogP contribution in [0.15, 0.2) is 223 Å². The molecule has 0 fully saturated rings. The van der Waals surface area contributed by atoms with Crippen molar-refractivity contribution in [3.8, 4) is 11.4 Å². The first-order valence-electron chi connectivity index (χ1n) is 22.2. The largest absolute Gasteiger partial charge is 0.383 e. The molecule has 1 aliphatic rings. The molecule has 9 aromatic carbocycles. The highest BCUT2D eigenvalue weighted by atomic mass is 15.0. The van der Waals surface area contributed by atoms with Crippen LogP contribution >= 0.6 is 0 Å². The van der Waals surface area contributed by atoms with Crippen molar-refractivity contribution < 1.29 is 0 Å². The molecule has 12 rings (SSSR count). The Hall–Kier alpha value is -8.21. The predicted molar refractivity (Wildman–Crippen MR) is 272 cm³/mol. The van der Waals surface area contributed by atoms with Gasteiger partial charge in [-0.1, -0.05) is 188 Å². The van der Waals surface area contributed by atoms with Crippen LogP contribution in [0.2, 0.25) is 0 Å². The third kappa shape index (κ3) is 6.42. The highest BCUT2D eigenvalue weighted by Gasteiger charge is 2.20. The summed E-state index contributed by atoms with van der Waals surface area (Å²) < 4.78 is 4.92. The van der Waals surface area contributed by atoms with Crippen molar-refractivity contribution in [1.29, 1.82) is 0 Å². The molecule has 4 heteroatoms. The second-order valence-corrected chi connectivity index (χ2v) is 16.8. The molecule has 1 aliphatic carbocycles. The highest BCUT2D eigenvalue weighted by molar-refractivity contribution is 6.20. The molecule has 304 valence electrons. The topological polar surface area (TPSA) is 48.2 Å². The number of nitrogens with zero attached hydrogens (tertiary/aromatic N) is 3. The molecule has 0 amide bonds. The number of amidine groups is 1. The van der Waals surface area contributed by atoms with Gasteiger partial charge in [-0.3, -0.25) is 0 Å². The lowest BCUT2D eigenvalue weighted by Gasteiger charge is -2.17. The van der Waals surface area contributed by atoms with Gasteiger partial charge in [0.05, 0.1) is 27.8 Å². The summed E-state index contributed by atoms with van der Waals surface area (Å²) in [5, 5.41) is 9.67. The van der Waals surface area contributed by atoms with Gasteiger partial charge in [-0.25, -0.2) is 4.99 Å². The van der Waals surface area contributed by atoms with Crippen molar-refractivity contribution in [1.82, 2.24) is 9.13 Å². The predicted octanol–water partition coefficient (Wildman–Crippen LogP) is 14.9. The van der Waals surface area contributed by atoms with Crippen molar-refractivity contribution in [3.63, 3.8) is 0 Å². The second kappa shape index (κ2) is 15.6. The number of para-hydroxylation sites is 2. The van der Waals surface area contributed by atoms with Gasteiger partial charge in [0, 0.05) is 54.8 Å². The monoisotopic (exact) mass is 820 g/mol. The van der Waals surface area contributed by atoms with Crippen LogP contribution in [0.5, 0.6) is 0 Å². The number of hydrogen-bond donors (Lipinski definition) is 1. The number of fused-ring (bicyclic) bond motifs is 10. The molecule has 0 atom stereocenters. The molecule has 0 bridgehead atoms. The van der Waals surface area contributed by atoms with E-state index in [9.17, 15) is 0 Å². The van der Waals surface area contributed by atoms with Gasteiger partial charge in [-0.2, -0.15) is 0 Å². The zero-order valence-electron chi connectivity index (χ0n) is 35.3. The lowest BCUT2D eigenvalue weighted by Crippen LogP contribution is -2.13. The number of benzene rings is 9. The summed E-state index contributed by atoms with van der Waals surface area (Å²) in [5.74, 6) is 0.470. The van der Waals surface area contributed by atoms with Crippen molar-refractivity contribution in [2.45, 2.75) is 19.3 Å². The standard InChI is InChI=1S/C60H44N4/c61-60(45-19-5-2-6-20-45)62-55(36-29-40-27-30-42(31-28-40)41-15-3-1-4-16-41)46-37-47(63-56-25-13-11-23-51(56)53-34-32-43-17-7-9-21-49(43)58(53)63)39-48(38-46)64-57-26-14-12-24-52(57)54-35-33-44-18-8-10-22-50(44)59(54)64/h1-3,5-15,17-28,30-39H,4,16,29H2,(H2,61,62)/b55-36-. The van der Waals surface area contributed by atoms with E-state index < -0.39 is 0 Å². The van der Waals surface area contributed by atoms with Crippen LogP contribution in [0.1, 0.15) is 35.1 Å².